The molecule has 25 heavy (non-hydrogen) atoms. The third-order valence-electron chi connectivity index (χ3n) is 4.45. The van der Waals surface area contributed by atoms with Gasteiger partial charge in [0, 0.05) is 37.2 Å². The number of carbonyl (C=O) groups excluding carboxylic acids is 1. The summed E-state index contributed by atoms with van der Waals surface area (Å²) >= 11 is 0. The number of carbonyl (C=O) groups is 1. The molecule has 6 heteroatoms. The molecule has 0 aliphatic carbocycles. The smallest absolute Gasteiger partial charge is 0.273 e. The van der Waals surface area contributed by atoms with Crippen molar-refractivity contribution in [1.29, 1.82) is 0 Å². The Morgan fingerprint density at radius 1 is 1.20 bits per heavy atom. The van der Waals surface area contributed by atoms with E-state index < -0.39 is 0 Å². The molecule has 3 heterocycles. The Balaban J connectivity index is 1.86. The van der Waals surface area contributed by atoms with Gasteiger partial charge in [0.15, 0.2) is 0 Å². The van der Waals surface area contributed by atoms with E-state index in [0.29, 0.717) is 18.8 Å². The first-order valence-electron chi connectivity index (χ1n) is 8.14. The van der Waals surface area contributed by atoms with Crippen molar-refractivity contribution in [3.8, 4) is 11.3 Å². The van der Waals surface area contributed by atoms with Crippen molar-refractivity contribution < 1.29 is 9.53 Å². The van der Waals surface area contributed by atoms with Gasteiger partial charge in [-0.25, -0.2) is 0 Å². The standard InChI is InChI=1S/C19H18N4O2/c1-25-11-10-23-18(14-8-5-9-20-12-14)15-16(13-6-3-2-4-7-13)21-22-17(15)19(23)24/h2-9,12,18H,10-11H2,1H3,(H,21,22)/t18-/m1/s1. The molecule has 2 aromatic heterocycles. The van der Waals surface area contributed by atoms with Crippen LogP contribution in [-0.4, -0.2) is 46.2 Å². The summed E-state index contributed by atoms with van der Waals surface area (Å²) in [5, 5.41) is 7.36. The second-order valence-corrected chi connectivity index (χ2v) is 5.91. The number of pyridine rings is 1. The van der Waals surface area contributed by atoms with Gasteiger partial charge in [0.05, 0.1) is 18.3 Å². The Kier molecular flexibility index (Phi) is 4.03. The van der Waals surface area contributed by atoms with Crippen LogP contribution in [0.4, 0.5) is 0 Å². The Labute approximate surface area is 145 Å². The maximum Gasteiger partial charge on any atom is 0.273 e. The third kappa shape index (κ3) is 2.60. The van der Waals surface area contributed by atoms with E-state index in [4.69, 9.17) is 4.74 Å². The largest absolute Gasteiger partial charge is 0.383 e. The zero-order valence-electron chi connectivity index (χ0n) is 13.8. The summed E-state index contributed by atoms with van der Waals surface area (Å²) < 4.78 is 5.19. The van der Waals surface area contributed by atoms with E-state index >= 15 is 0 Å². The minimum absolute atomic E-state index is 0.0596. The zero-order valence-corrected chi connectivity index (χ0v) is 13.8. The predicted molar refractivity (Wildman–Crippen MR) is 93.0 cm³/mol. The number of aromatic amines is 1. The average Bonchev–Trinajstić information content (AvgIpc) is 3.21. The topological polar surface area (TPSA) is 71.1 Å². The van der Waals surface area contributed by atoms with E-state index in [0.717, 1.165) is 22.4 Å². The van der Waals surface area contributed by atoms with Crippen LogP contribution in [0.5, 0.6) is 0 Å². The van der Waals surface area contributed by atoms with E-state index in [1.54, 1.807) is 19.5 Å². The molecule has 0 bridgehead atoms. The predicted octanol–water partition coefficient (Wildman–Crippen LogP) is 2.66. The summed E-state index contributed by atoms with van der Waals surface area (Å²) in [6.45, 7) is 0.979. The normalized spacial score (nSPS) is 16.3. The highest BCUT2D eigenvalue weighted by molar-refractivity contribution is 6.00. The number of nitrogens with zero attached hydrogens (tertiary/aromatic N) is 3. The Hall–Kier alpha value is -2.99. The molecule has 1 aliphatic rings. The number of hydrogen-bond donors (Lipinski definition) is 1. The highest BCUT2D eigenvalue weighted by Crippen LogP contribution is 2.42. The lowest BCUT2D eigenvalue weighted by Gasteiger charge is -2.25. The van der Waals surface area contributed by atoms with Crippen LogP contribution < -0.4 is 0 Å². The monoisotopic (exact) mass is 334 g/mol. The van der Waals surface area contributed by atoms with Gasteiger partial charge in [-0.15, -0.1) is 0 Å². The molecular weight excluding hydrogens is 316 g/mol. The van der Waals surface area contributed by atoms with Gasteiger partial charge in [0.25, 0.3) is 5.91 Å². The molecule has 1 aromatic carbocycles. The Morgan fingerprint density at radius 2 is 2.04 bits per heavy atom. The van der Waals surface area contributed by atoms with E-state index in [2.05, 4.69) is 15.2 Å². The maximum absolute atomic E-state index is 12.9. The minimum atomic E-state index is -0.222. The molecule has 126 valence electrons. The van der Waals surface area contributed by atoms with E-state index in [-0.39, 0.29) is 11.9 Å². The lowest BCUT2D eigenvalue weighted by Crippen LogP contribution is -2.32. The quantitative estimate of drug-likeness (QED) is 0.779. The fourth-order valence-electron chi connectivity index (χ4n) is 3.32. The zero-order chi connectivity index (χ0) is 17.2. The number of nitrogens with one attached hydrogen (secondary N) is 1. The van der Waals surface area contributed by atoms with Crippen LogP contribution in [0.2, 0.25) is 0 Å². The summed E-state index contributed by atoms with van der Waals surface area (Å²) in [6, 6.07) is 13.5. The average molecular weight is 334 g/mol. The number of methoxy groups -OCH3 is 1. The molecule has 0 fully saturated rings. The first-order chi connectivity index (χ1) is 12.3. The molecule has 1 aliphatic heterocycles. The first kappa shape index (κ1) is 15.5. The molecular formula is C19H18N4O2. The third-order valence-corrected chi connectivity index (χ3v) is 4.45. The van der Waals surface area contributed by atoms with Crippen LogP contribution in [0.3, 0.4) is 0 Å². The van der Waals surface area contributed by atoms with Gasteiger partial charge in [0.2, 0.25) is 0 Å². The van der Waals surface area contributed by atoms with Crippen molar-refractivity contribution in [1.82, 2.24) is 20.1 Å². The fourth-order valence-corrected chi connectivity index (χ4v) is 3.32. The first-order valence-corrected chi connectivity index (χ1v) is 8.14. The SMILES string of the molecule is COCCN1C(=O)c2[nH]nc(-c3ccccc3)c2[C@H]1c1cccnc1. The van der Waals surface area contributed by atoms with Gasteiger partial charge in [-0.3, -0.25) is 14.9 Å². The van der Waals surface area contributed by atoms with Gasteiger partial charge >= 0.3 is 0 Å². The van der Waals surface area contributed by atoms with Gasteiger partial charge in [-0.1, -0.05) is 36.4 Å². The molecule has 1 N–H and O–H groups in total. The number of rotatable bonds is 5. The minimum Gasteiger partial charge on any atom is -0.383 e. The van der Waals surface area contributed by atoms with Gasteiger partial charge in [-0.05, 0) is 11.6 Å². The molecule has 0 radical (unpaired) electrons. The Morgan fingerprint density at radius 3 is 2.76 bits per heavy atom. The number of ether oxygens (including phenoxy) is 1. The van der Waals surface area contributed by atoms with E-state index in [1.165, 1.54) is 0 Å². The number of H-pyrrole nitrogens is 1. The molecule has 6 nitrogen and oxygen atoms in total. The highest BCUT2D eigenvalue weighted by Gasteiger charge is 2.41. The summed E-state index contributed by atoms with van der Waals surface area (Å²) in [4.78, 5) is 19.0. The second kappa shape index (κ2) is 6.49. The number of amides is 1. The fraction of sp³-hybridized carbons (Fsp3) is 0.211. The molecule has 0 unspecified atom stereocenters. The summed E-state index contributed by atoms with van der Waals surface area (Å²) in [6.07, 6.45) is 3.53. The molecule has 0 saturated carbocycles. The molecule has 4 rings (SSSR count). The van der Waals surface area contributed by atoms with Crippen molar-refractivity contribution >= 4 is 5.91 Å². The van der Waals surface area contributed by atoms with Crippen LogP contribution in [0.15, 0.2) is 54.9 Å². The van der Waals surface area contributed by atoms with Crippen LogP contribution >= 0.6 is 0 Å². The molecule has 1 amide bonds. The van der Waals surface area contributed by atoms with Crippen LogP contribution in [-0.2, 0) is 4.74 Å². The highest BCUT2D eigenvalue weighted by atomic mass is 16.5. The van der Waals surface area contributed by atoms with Crippen molar-refractivity contribution in [2.75, 3.05) is 20.3 Å². The van der Waals surface area contributed by atoms with Gasteiger partial charge in [-0.2, -0.15) is 5.10 Å². The van der Waals surface area contributed by atoms with Crippen molar-refractivity contribution in [2.24, 2.45) is 0 Å². The van der Waals surface area contributed by atoms with Gasteiger partial charge in [0.1, 0.15) is 5.69 Å². The summed E-state index contributed by atoms with van der Waals surface area (Å²) in [5.41, 5.74) is 4.20. The number of hydrogen-bond acceptors (Lipinski definition) is 4. The van der Waals surface area contributed by atoms with E-state index in [1.807, 2.05) is 47.4 Å². The van der Waals surface area contributed by atoms with Crippen LogP contribution in [0, 0.1) is 0 Å². The Bertz CT molecular complexity index is 877. The second-order valence-electron chi connectivity index (χ2n) is 5.91. The summed E-state index contributed by atoms with van der Waals surface area (Å²) in [7, 11) is 1.63. The van der Waals surface area contributed by atoms with Crippen LogP contribution in [0.1, 0.15) is 27.7 Å². The molecule has 3 aromatic rings. The van der Waals surface area contributed by atoms with E-state index in [9.17, 15) is 4.79 Å². The summed E-state index contributed by atoms with van der Waals surface area (Å²) in [5.74, 6) is -0.0596. The van der Waals surface area contributed by atoms with Crippen molar-refractivity contribution in [2.45, 2.75) is 6.04 Å². The van der Waals surface area contributed by atoms with Gasteiger partial charge < -0.3 is 9.64 Å². The van der Waals surface area contributed by atoms with Crippen LogP contribution in [0.25, 0.3) is 11.3 Å². The number of fused-ring (bicyclic) bond motifs is 1. The number of aromatic nitrogens is 3. The lowest BCUT2D eigenvalue weighted by atomic mass is 9.97. The molecule has 1 atom stereocenters. The lowest BCUT2D eigenvalue weighted by molar-refractivity contribution is 0.0677. The van der Waals surface area contributed by atoms with Crippen molar-refractivity contribution in [3.05, 3.63) is 71.7 Å². The van der Waals surface area contributed by atoms with Crippen molar-refractivity contribution in [3.63, 3.8) is 0 Å². The molecule has 0 saturated heterocycles. The molecule has 0 spiro atoms. The maximum atomic E-state index is 12.9. The number of benzene rings is 1.